The molecule has 3 aromatic rings. The molecule has 3 heterocycles. The molecule has 5 heteroatoms. The minimum atomic E-state index is -0.236. The number of hydrogen-bond acceptors (Lipinski definition) is 4. The first-order valence-electron chi connectivity index (χ1n) is 9.62. The van der Waals surface area contributed by atoms with E-state index in [1.165, 1.54) is 4.90 Å². The van der Waals surface area contributed by atoms with Gasteiger partial charge in [-0.25, -0.2) is 0 Å². The van der Waals surface area contributed by atoms with Gasteiger partial charge in [-0.2, -0.15) is 0 Å². The van der Waals surface area contributed by atoms with Crippen molar-refractivity contribution in [3.63, 3.8) is 0 Å². The van der Waals surface area contributed by atoms with E-state index >= 15 is 0 Å². The van der Waals surface area contributed by atoms with E-state index in [-0.39, 0.29) is 18.2 Å². The lowest BCUT2D eigenvalue weighted by molar-refractivity contribution is -0.128. The van der Waals surface area contributed by atoms with E-state index in [0.717, 1.165) is 39.2 Å². The molecule has 0 fully saturated rings. The van der Waals surface area contributed by atoms with Crippen LogP contribution in [0.1, 0.15) is 43.9 Å². The summed E-state index contributed by atoms with van der Waals surface area (Å²) in [5, 5.41) is 0. The molecule has 0 spiro atoms. The highest BCUT2D eigenvalue weighted by Gasteiger charge is 2.33. The first-order valence-corrected chi connectivity index (χ1v) is 9.62. The highest BCUT2D eigenvalue weighted by atomic mass is 16.2. The molecular formula is C24H19N3O2. The molecule has 0 N–H and O–H groups in total. The van der Waals surface area contributed by atoms with Crippen molar-refractivity contribution in [2.75, 3.05) is 0 Å². The van der Waals surface area contributed by atoms with Crippen molar-refractivity contribution in [1.29, 1.82) is 0 Å². The number of amides is 2. The van der Waals surface area contributed by atoms with Crippen LogP contribution in [0.5, 0.6) is 0 Å². The second-order valence-electron chi connectivity index (χ2n) is 7.46. The van der Waals surface area contributed by atoms with E-state index in [1.54, 1.807) is 6.20 Å². The average molecular weight is 381 g/mol. The first kappa shape index (κ1) is 17.5. The van der Waals surface area contributed by atoms with Gasteiger partial charge >= 0.3 is 0 Å². The van der Waals surface area contributed by atoms with Crippen LogP contribution < -0.4 is 0 Å². The third-order valence-electron chi connectivity index (χ3n) is 5.46. The van der Waals surface area contributed by atoms with Crippen LogP contribution in [-0.2, 0) is 24.3 Å². The molecule has 5 nitrogen and oxygen atoms in total. The monoisotopic (exact) mass is 381 g/mol. The van der Waals surface area contributed by atoms with Gasteiger partial charge in [0.05, 0.1) is 25.2 Å². The Morgan fingerprint density at radius 3 is 2.59 bits per heavy atom. The van der Waals surface area contributed by atoms with Crippen LogP contribution in [0, 0.1) is 6.92 Å². The van der Waals surface area contributed by atoms with Gasteiger partial charge in [0.15, 0.2) is 0 Å². The summed E-state index contributed by atoms with van der Waals surface area (Å²) in [6, 6.07) is 17.4. The predicted octanol–water partition coefficient (Wildman–Crippen LogP) is 3.47. The molecule has 0 radical (unpaired) electrons. The van der Waals surface area contributed by atoms with E-state index in [1.807, 2.05) is 61.5 Å². The number of benzene rings is 2. The standard InChI is InChI=1S/C24H19N3O2/c1-15-9-17(7-8-25-15)23-20-12-21-18(10-19(20)13-26-23)11-22(28)27(24(21)29)14-16-5-3-2-4-6-16/h2-10,12H,11,13-14H2,1H3. The van der Waals surface area contributed by atoms with Crippen molar-refractivity contribution in [3.05, 3.63) is 99.9 Å². The van der Waals surface area contributed by atoms with Crippen molar-refractivity contribution in [3.8, 4) is 0 Å². The molecule has 2 amide bonds. The zero-order valence-corrected chi connectivity index (χ0v) is 16.1. The third-order valence-corrected chi connectivity index (χ3v) is 5.46. The Morgan fingerprint density at radius 2 is 1.79 bits per heavy atom. The van der Waals surface area contributed by atoms with E-state index in [9.17, 15) is 9.59 Å². The third kappa shape index (κ3) is 3.05. The number of rotatable bonds is 3. The number of fused-ring (bicyclic) bond motifs is 2. The minimum absolute atomic E-state index is 0.157. The normalized spacial score (nSPS) is 15.2. The van der Waals surface area contributed by atoms with Gasteiger partial charge in [-0.05, 0) is 41.8 Å². The Morgan fingerprint density at radius 1 is 0.966 bits per heavy atom. The number of pyridine rings is 1. The molecule has 0 atom stereocenters. The maximum Gasteiger partial charge on any atom is 0.261 e. The van der Waals surface area contributed by atoms with Crippen LogP contribution in [0.3, 0.4) is 0 Å². The van der Waals surface area contributed by atoms with Crippen LogP contribution in [0.25, 0.3) is 0 Å². The fourth-order valence-electron chi connectivity index (χ4n) is 4.02. The molecule has 2 aromatic carbocycles. The van der Waals surface area contributed by atoms with E-state index < -0.39 is 0 Å². The number of aliphatic imine (C=N–C) groups is 1. The van der Waals surface area contributed by atoms with Crippen LogP contribution in [0.2, 0.25) is 0 Å². The van der Waals surface area contributed by atoms with Gasteiger partial charge in [-0.15, -0.1) is 0 Å². The molecular weight excluding hydrogens is 362 g/mol. The summed E-state index contributed by atoms with van der Waals surface area (Å²) in [7, 11) is 0. The molecule has 0 unspecified atom stereocenters. The van der Waals surface area contributed by atoms with E-state index in [4.69, 9.17) is 4.99 Å². The molecule has 1 aromatic heterocycles. The maximum absolute atomic E-state index is 13.2. The van der Waals surface area contributed by atoms with Crippen molar-refractivity contribution in [1.82, 2.24) is 9.88 Å². The second-order valence-corrected chi connectivity index (χ2v) is 7.46. The van der Waals surface area contributed by atoms with Crippen LogP contribution in [-0.4, -0.2) is 27.4 Å². The Hall–Kier alpha value is -3.60. The summed E-state index contributed by atoms with van der Waals surface area (Å²) < 4.78 is 0. The minimum Gasteiger partial charge on any atom is -0.279 e. The number of aryl methyl sites for hydroxylation is 1. The average Bonchev–Trinajstić information content (AvgIpc) is 3.13. The molecule has 142 valence electrons. The lowest BCUT2D eigenvalue weighted by atomic mass is 9.90. The zero-order valence-electron chi connectivity index (χ0n) is 16.1. The van der Waals surface area contributed by atoms with Crippen molar-refractivity contribution in [2.24, 2.45) is 4.99 Å². The second kappa shape index (κ2) is 6.78. The SMILES string of the molecule is Cc1cc(C2=NCc3cc4c(cc32)C(=O)N(Cc2ccccc2)C(=O)C4)ccn1. The summed E-state index contributed by atoms with van der Waals surface area (Å²) in [5.74, 6) is -0.393. The van der Waals surface area contributed by atoms with Gasteiger partial charge in [0.2, 0.25) is 5.91 Å². The lowest BCUT2D eigenvalue weighted by Crippen LogP contribution is -2.41. The molecule has 2 aliphatic rings. The largest absolute Gasteiger partial charge is 0.279 e. The Bertz CT molecular complexity index is 1180. The van der Waals surface area contributed by atoms with Crippen LogP contribution >= 0.6 is 0 Å². The molecule has 2 aliphatic heterocycles. The smallest absolute Gasteiger partial charge is 0.261 e. The summed E-state index contributed by atoms with van der Waals surface area (Å²) in [5.41, 5.74) is 7.16. The topological polar surface area (TPSA) is 62.6 Å². The molecule has 5 rings (SSSR count). The van der Waals surface area contributed by atoms with Gasteiger partial charge in [0.1, 0.15) is 0 Å². The van der Waals surface area contributed by atoms with E-state index in [0.29, 0.717) is 18.7 Å². The van der Waals surface area contributed by atoms with Gasteiger partial charge in [0, 0.05) is 28.6 Å². The predicted molar refractivity (Wildman–Crippen MR) is 110 cm³/mol. The number of nitrogens with zero attached hydrogens (tertiary/aromatic N) is 3. The Kier molecular flexibility index (Phi) is 4.09. The van der Waals surface area contributed by atoms with Crippen LogP contribution in [0.15, 0.2) is 65.8 Å². The van der Waals surface area contributed by atoms with Crippen molar-refractivity contribution >= 4 is 17.5 Å². The molecule has 0 saturated carbocycles. The van der Waals surface area contributed by atoms with Gasteiger partial charge in [-0.1, -0.05) is 36.4 Å². The van der Waals surface area contributed by atoms with Crippen molar-refractivity contribution < 1.29 is 9.59 Å². The first-order chi connectivity index (χ1) is 14.1. The fourth-order valence-corrected chi connectivity index (χ4v) is 4.02. The Balaban J connectivity index is 1.52. The van der Waals surface area contributed by atoms with Gasteiger partial charge in [-0.3, -0.25) is 24.5 Å². The van der Waals surface area contributed by atoms with E-state index in [2.05, 4.69) is 4.98 Å². The highest BCUT2D eigenvalue weighted by Crippen LogP contribution is 2.30. The maximum atomic E-state index is 13.2. The lowest BCUT2D eigenvalue weighted by Gasteiger charge is -2.27. The number of hydrogen-bond donors (Lipinski definition) is 0. The van der Waals surface area contributed by atoms with Gasteiger partial charge in [0.25, 0.3) is 5.91 Å². The quantitative estimate of drug-likeness (QED) is 0.653. The summed E-state index contributed by atoms with van der Waals surface area (Å²) in [6.07, 6.45) is 2.01. The summed E-state index contributed by atoms with van der Waals surface area (Å²) in [6.45, 7) is 2.80. The number of carbonyl (C=O) groups excluding carboxylic acids is 2. The summed E-state index contributed by atoms with van der Waals surface area (Å²) >= 11 is 0. The summed E-state index contributed by atoms with van der Waals surface area (Å²) in [4.78, 5) is 36.2. The Labute approximate surface area is 168 Å². The van der Waals surface area contributed by atoms with Gasteiger partial charge < -0.3 is 0 Å². The number of aromatic nitrogens is 1. The molecule has 0 saturated heterocycles. The number of carbonyl (C=O) groups is 2. The molecule has 29 heavy (non-hydrogen) atoms. The van der Waals surface area contributed by atoms with Crippen molar-refractivity contribution in [2.45, 2.75) is 26.4 Å². The molecule has 0 aliphatic carbocycles. The number of imide groups is 1. The fraction of sp³-hybridized carbons (Fsp3) is 0.167. The molecule has 0 bridgehead atoms. The zero-order chi connectivity index (χ0) is 20.0. The highest BCUT2D eigenvalue weighted by molar-refractivity contribution is 6.17. The van der Waals surface area contributed by atoms with Crippen LogP contribution in [0.4, 0.5) is 0 Å².